The Labute approximate surface area is 229 Å². The van der Waals surface area contributed by atoms with Crippen LogP contribution in [-0.2, 0) is 22.5 Å². The molecule has 1 unspecified atom stereocenters. The van der Waals surface area contributed by atoms with Crippen molar-refractivity contribution in [2.75, 3.05) is 17.2 Å². The molecule has 2 aromatic heterocycles. The van der Waals surface area contributed by atoms with Crippen molar-refractivity contribution in [3.05, 3.63) is 64.4 Å². The normalized spacial score (nSPS) is 13.7. The van der Waals surface area contributed by atoms with E-state index in [-0.39, 0.29) is 17.6 Å². The van der Waals surface area contributed by atoms with Gasteiger partial charge in [0.05, 0.1) is 23.6 Å². The number of hydrogen-bond donors (Lipinski definition) is 2. The molecule has 0 saturated heterocycles. The Morgan fingerprint density at radius 3 is 2.68 bits per heavy atom. The Balaban J connectivity index is 1.40. The van der Waals surface area contributed by atoms with Crippen LogP contribution in [0.5, 0.6) is 0 Å². The van der Waals surface area contributed by atoms with Crippen molar-refractivity contribution >= 4 is 51.7 Å². The van der Waals surface area contributed by atoms with Crippen LogP contribution in [0.15, 0.2) is 52.0 Å². The van der Waals surface area contributed by atoms with E-state index in [4.69, 9.17) is 9.15 Å². The first-order valence-electron chi connectivity index (χ1n) is 12.0. The molecule has 198 valence electrons. The van der Waals surface area contributed by atoms with Crippen molar-refractivity contribution in [2.24, 2.45) is 0 Å². The second-order valence-electron chi connectivity index (χ2n) is 9.68. The maximum absolute atomic E-state index is 13.0. The molecule has 0 radical (unpaired) electrons. The zero-order chi connectivity index (χ0) is 27.4. The summed E-state index contributed by atoms with van der Waals surface area (Å²) in [5.74, 6) is -0.407. The zero-order valence-corrected chi connectivity index (χ0v) is 23.1. The first-order chi connectivity index (χ1) is 18.0. The second kappa shape index (κ2) is 11.3. The predicted molar refractivity (Wildman–Crippen MR) is 146 cm³/mol. The summed E-state index contributed by atoms with van der Waals surface area (Å²) in [5, 5.41) is 15.5. The summed E-state index contributed by atoms with van der Waals surface area (Å²) in [4.78, 5) is 41.1. The fraction of sp³-hybridized carbons (Fsp3) is 0.333. The molecular weight excluding hydrogens is 524 g/mol. The van der Waals surface area contributed by atoms with Crippen molar-refractivity contribution in [1.82, 2.24) is 4.90 Å². The Morgan fingerprint density at radius 1 is 1.21 bits per heavy atom. The van der Waals surface area contributed by atoms with E-state index in [9.17, 15) is 19.6 Å². The molecule has 0 spiro atoms. The molecule has 0 saturated carbocycles. The minimum Gasteiger partial charge on any atom is -0.459 e. The number of rotatable bonds is 6. The molecule has 0 bridgehead atoms. The molecule has 38 heavy (non-hydrogen) atoms. The maximum atomic E-state index is 13.0. The van der Waals surface area contributed by atoms with Crippen LogP contribution in [-0.4, -0.2) is 40.2 Å². The van der Waals surface area contributed by atoms with Crippen LogP contribution in [0.1, 0.15) is 54.3 Å². The highest BCUT2D eigenvalue weighted by atomic mass is 32.2. The molecule has 0 fully saturated rings. The maximum Gasteiger partial charge on any atom is 0.410 e. The molecule has 0 aliphatic carbocycles. The van der Waals surface area contributed by atoms with Gasteiger partial charge in [-0.15, -0.1) is 23.1 Å². The lowest BCUT2D eigenvalue weighted by atomic mass is 10.0. The highest BCUT2D eigenvalue weighted by molar-refractivity contribution is 8.00. The smallest absolute Gasteiger partial charge is 0.410 e. The Morgan fingerprint density at radius 2 is 2.00 bits per heavy atom. The van der Waals surface area contributed by atoms with Gasteiger partial charge >= 0.3 is 6.09 Å². The topological polar surface area (TPSA) is 125 Å². The third-order valence-electron chi connectivity index (χ3n) is 5.58. The van der Waals surface area contributed by atoms with Crippen molar-refractivity contribution in [1.29, 1.82) is 5.26 Å². The van der Waals surface area contributed by atoms with E-state index in [1.807, 2.05) is 26.8 Å². The van der Waals surface area contributed by atoms with Gasteiger partial charge in [0.25, 0.3) is 5.91 Å². The molecule has 3 amide bonds. The zero-order valence-electron chi connectivity index (χ0n) is 21.5. The fourth-order valence-corrected chi connectivity index (χ4v) is 5.95. The molecular formula is C27H28N4O5S2. The summed E-state index contributed by atoms with van der Waals surface area (Å²) in [6.45, 7) is 8.01. The molecule has 11 heteroatoms. The highest BCUT2D eigenvalue weighted by Crippen LogP contribution is 2.37. The largest absolute Gasteiger partial charge is 0.459 e. The first kappa shape index (κ1) is 27.3. The van der Waals surface area contributed by atoms with E-state index >= 15 is 0 Å². The summed E-state index contributed by atoms with van der Waals surface area (Å²) in [5.41, 5.74) is 1.30. The number of nitrogens with zero attached hydrogens (tertiary/aromatic N) is 2. The van der Waals surface area contributed by atoms with Gasteiger partial charge in [0.1, 0.15) is 16.7 Å². The summed E-state index contributed by atoms with van der Waals surface area (Å²) < 4.78 is 10.6. The quantitative estimate of drug-likeness (QED) is 0.366. The average Bonchev–Trinajstić information content (AvgIpc) is 3.50. The van der Waals surface area contributed by atoms with Gasteiger partial charge in [-0.05, 0) is 70.0 Å². The number of hydrogen-bond acceptors (Lipinski definition) is 8. The minimum absolute atomic E-state index is 0.206. The van der Waals surface area contributed by atoms with E-state index in [1.165, 1.54) is 29.4 Å². The van der Waals surface area contributed by atoms with E-state index in [2.05, 4.69) is 16.7 Å². The molecule has 2 N–H and O–H groups in total. The second-order valence-corrected chi connectivity index (χ2v) is 12.2. The number of benzene rings is 1. The van der Waals surface area contributed by atoms with Crippen LogP contribution in [0.25, 0.3) is 0 Å². The number of furan rings is 1. The average molecular weight is 553 g/mol. The SMILES string of the molecule is CC(Sc1cccc(NC(=O)c2ccco2)c1)C(=O)Nc1sc2c(c1C#N)CCN(C(=O)OC(C)(C)C)C2. The van der Waals surface area contributed by atoms with Crippen molar-refractivity contribution in [3.8, 4) is 6.07 Å². The van der Waals surface area contributed by atoms with E-state index in [1.54, 1.807) is 42.2 Å². The van der Waals surface area contributed by atoms with E-state index in [0.717, 1.165) is 15.3 Å². The minimum atomic E-state index is -0.595. The van der Waals surface area contributed by atoms with E-state index in [0.29, 0.717) is 35.8 Å². The molecule has 1 aliphatic rings. The number of ether oxygens (including phenoxy) is 1. The molecule has 3 aromatic rings. The lowest BCUT2D eigenvalue weighted by Crippen LogP contribution is -2.39. The summed E-state index contributed by atoms with van der Waals surface area (Å²) in [6.07, 6.45) is 1.55. The Hall–Kier alpha value is -3.75. The number of thiophene rings is 1. The van der Waals surface area contributed by atoms with Gasteiger partial charge in [-0.2, -0.15) is 5.26 Å². The first-order valence-corrected chi connectivity index (χ1v) is 13.7. The summed E-state index contributed by atoms with van der Waals surface area (Å²) in [6, 6.07) is 12.6. The Kier molecular flexibility index (Phi) is 8.14. The Bertz CT molecular complexity index is 1390. The highest BCUT2D eigenvalue weighted by Gasteiger charge is 2.30. The number of fused-ring (bicyclic) bond motifs is 1. The van der Waals surface area contributed by atoms with Crippen LogP contribution < -0.4 is 10.6 Å². The van der Waals surface area contributed by atoms with Crippen molar-refractivity contribution < 1.29 is 23.5 Å². The number of nitriles is 1. The van der Waals surface area contributed by atoms with Crippen molar-refractivity contribution in [2.45, 2.75) is 56.4 Å². The summed E-state index contributed by atoms with van der Waals surface area (Å²) in [7, 11) is 0. The van der Waals surface area contributed by atoms with Gasteiger partial charge < -0.3 is 24.7 Å². The molecule has 9 nitrogen and oxygen atoms in total. The van der Waals surface area contributed by atoms with Crippen LogP contribution in [0.3, 0.4) is 0 Å². The number of carbonyl (C=O) groups excluding carboxylic acids is 3. The van der Waals surface area contributed by atoms with Crippen LogP contribution in [0, 0.1) is 11.3 Å². The van der Waals surface area contributed by atoms with Crippen LogP contribution >= 0.6 is 23.1 Å². The number of nitrogens with one attached hydrogen (secondary N) is 2. The molecule has 4 rings (SSSR count). The van der Waals surface area contributed by atoms with Gasteiger partial charge in [-0.3, -0.25) is 9.59 Å². The van der Waals surface area contributed by atoms with Crippen molar-refractivity contribution in [3.63, 3.8) is 0 Å². The third kappa shape index (κ3) is 6.57. The van der Waals surface area contributed by atoms with Gasteiger partial charge in [0.15, 0.2) is 5.76 Å². The molecule has 3 heterocycles. The summed E-state index contributed by atoms with van der Waals surface area (Å²) >= 11 is 2.65. The van der Waals surface area contributed by atoms with Crippen LogP contribution in [0.2, 0.25) is 0 Å². The van der Waals surface area contributed by atoms with E-state index < -0.39 is 16.9 Å². The fourth-order valence-electron chi connectivity index (χ4n) is 3.81. The molecule has 1 atom stereocenters. The number of carbonyl (C=O) groups is 3. The number of anilines is 2. The lowest BCUT2D eigenvalue weighted by molar-refractivity contribution is -0.115. The monoisotopic (exact) mass is 552 g/mol. The third-order valence-corrected chi connectivity index (χ3v) is 7.80. The number of amides is 3. The standard InChI is InChI=1S/C27H28N4O5S2/c1-16(37-18-8-5-7-17(13-18)29-24(33)21-9-6-12-35-21)23(32)30-25-20(14-28)19-10-11-31(15-22(19)38-25)26(34)36-27(2,3)4/h5-9,12-13,16H,10-11,15H2,1-4H3,(H,29,33)(H,30,32). The van der Waals surface area contributed by atoms with Gasteiger partial charge in [-0.25, -0.2) is 4.79 Å². The molecule has 1 aliphatic heterocycles. The predicted octanol–water partition coefficient (Wildman–Crippen LogP) is 5.88. The van der Waals surface area contributed by atoms with Gasteiger partial charge in [-0.1, -0.05) is 6.07 Å². The molecule has 1 aromatic carbocycles. The van der Waals surface area contributed by atoms with Gasteiger partial charge in [0.2, 0.25) is 5.91 Å². The van der Waals surface area contributed by atoms with Gasteiger partial charge in [0, 0.05) is 22.0 Å². The van der Waals surface area contributed by atoms with Crippen LogP contribution in [0.4, 0.5) is 15.5 Å². The number of thioether (sulfide) groups is 1. The lowest BCUT2D eigenvalue weighted by Gasteiger charge is -2.29.